The van der Waals surface area contributed by atoms with Gasteiger partial charge >= 0.3 is 0 Å². The first-order chi connectivity index (χ1) is 7.63. The molecule has 0 radical (unpaired) electrons. The summed E-state index contributed by atoms with van der Waals surface area (Å²) in [5.41, 5.74) is 7.06. The Bertz CT molecular complexity index is 422. The molecule has 1 aliphatic rings. The van der Waals surface area contributed by atoms with E-state index in [9.17, 15) is 4.79 Å². The average molecular weight is 238 g/mol. The molecule has 1 unspecified atom stereocenters. The minimum Gasteiger partial charge on any atom is -0.479 e. The zero-order chi connectivity index (χ0) is 11.7. The van der Waals surface area contributed by atoms with Gasteiger partial charge in [-0.05, 0) is 25.1 Å². The van der Waals surface area contributed by atoms with Crippen LogP contribution in [0.4, 0.5) is 11.4 Å². The van der Waals surface area contributed by atoms with Gasteiger partial charge in [-0.25, -0.2) is 0 Å². The van der Waals surface area contributed by atoms with Gasteiger partial charge < -0.3 is 15.4 Å². The van der Waals surface area contributed by atoms with Crippen molar-refractivity contribution in [1.82, 2.24) is 0 Å². The number of nitrogens with two attached hydrogens (primary N) is 1. The van der Waals surface area contributed by atoms with Crippen molar-refractivity contribution in [2.75, 3.05) is 22.9 Å². The van der Waals surface area contributed by atoms with E-state index in [0.717, 1.165) is 5.69 Å². The van der Waals surface area contributed by atoms with Gasteiger partial charge in [-0.3, -0.25) is 4.79 Å². The molecule has 0 aromatic heterocycles. The van der Waals surface area contributed by atoms with Gasteiger partial charge in [-0.15, -0.1) is 0 Å². The number of rotatable bonds is 2. The summed E-state index contributed by atoms with van der Waals surface area (Å²) in [5, 5.41) is 0. The Balaban J connectivity index is 2.45. The highest BCUT2D eigenvalue weighted by molar-refractivity contribution is 7.80. The topological polar surface area (TPSA) is 55.6 Å². The summed E-state index contributed by atoms with van der Waals surface area (Å²) in [5.74, 6) is 1.25. The molecule has 4 nitrogen and oxygen atoms in total. The third kappa shape index (κ3) is 1.82. The molecule has 0 saturated carbocycles. The van der Waals surface area contributed by atoms with Crippen LogP contribution >= 0.6 is 12.6 Å². The van der Waals surface area contributed by atoms with Crippen LogP contribution in [0.3, 0.4) is 0 Å². The lowest BCUT2D eigenvalue weighted by Crippen LogP contribution is -2.45. The van der Waals surface area contributed by atoms with Crippen molar-refractivity contribution in [1.29, 1.82) is 0 Å². The molecule has 1 atom stereocenters. The van der Waals surface area contributed by atoms with E-state index in [1.165, 1.54) is 0 Å². The number of nitrogen functional groups attached to an aromatic ring is 1. The highest BCUT2D eigenvalue weighted by Crippen LogP contribution is 2.35. The second-order valence-electron chi connectivity index (χ2n) is 3.70. The zero-order valence-corrected chi connectivity index (χ0v) is 9.91. The van der Waals surface area contributed by atoms with Crippen LogP contribution in [-0.2, 0) is 4.79 Å². The Labute approximate surface area is 99.8 Å². The van der Waals surface area contributed by atoms with E-state index in [4.69, 9.17) is 10.5 Å². The Morgan fingerprint density at radius 3 is 3.00 bits per heavy atom. The molecule has 2 rings (SSSR count). The lowest BCUT2D eigenvalue weighted by atomic mass is 10.1. The first kappa shape index (κ1) is 11.1. The summed E-state index contributed by atoms with van der Waals surface area (Å²) < 4.78 is 5.50. The van der Waals surface area contributed by atoms with Crippen molar-refractivity contribution in [3.05, 3.63) is 18.2 Å². The average Bonchev–Trinajstić information content (AvgIpc) is 2.26. The molecule has 16 heavy (non-hydrogen) atoms. The molecule has 1 amide bonds. The maximum atomic E-state index is 11.9. The molecule has 5 heteroatoms. The van der Waals surface area contributed by atoms with Crippen molar-refractivity contribution < 1.29 is 9.53 Å². The number of anilines is 2. The summed E-state index contributed by atoms with van der Waals surface area (Å²) in [6, 6.07) is 5.31. The van der Waals surface area contributed by atoms with Gasteiger partial charge in [-0.2, -0.15) is 12.6 Å². The number of fused-ring (bicyclic) bond motifs is 1. The van der Waals surface area contributed by atoms with E-state index in [0.29, 0.717) is 23.7 Å². The van der Waals surface area contributed by atoms with E-state index < -0.39 is 6.10 Å². The summed E-state index contributed by atoms with van der Waals surface area (Å²) in [7, 11) is 0. The molecule has 0 saturated heterocycles. The molecule has 1 aliphatic heterocycles. The minimum absolute atomic E-state index is 0.0489. The second-order valence-corrected chi connectivity index (χ2v) is 4.15. The number of amides is 1. The van der Waals surface area contributed by atoms with Crippen molar-refractivity contribution in [3.63, 3.8) is 0 Å². The molecule has 0 spiro atoms. The van der Waals surface area contributed by atoms with Gasteiger partial charge in [0.2, 0.25) is 0 Å². The standard InChI is InChI=1S/C11H14N2O2S/c1-7-11(14)13(4-5-16)9-6-8(12)2-3-10(9)15-7/h2-3,6-7,16H,4-5,12H2,1H3. The van der Waals surface area contributed by atoms with Crippen LogP contribution in [0.25, 0.3) is 0 Å². The van der Waals surface area contributed by atoms with Gasteiger partial charge in [-0.1, -0.05) is 0 Å². The molecule has 0 aliphatic carbocycles. The molecule has 1 aromatic rings. The van der Waals surface area contributed by atoms with Crippen LogP contribution in [0.2, 0.25) is 0 Å². The molecule has 1 aromatic carbocycles. The van der Waals surface area contributed by atoms with E-state index in [-0.39, 0.29) is 5.91 Å². The number of hydrogen-bond donors (Lipinski definition) is 2. The van der Waals surface area contributed by atoms with Gasteiger partial charge in [0.15, 0.2) is 6.10 Å². The van der Waals surface area contributed by atoms with Gasteiger partial charge in [0.05, 0.1) is 5.69 Å². The van der Waals surface area contributed by atoms with Crippen LogP contribution < -0.4 is 15.4 Å². The number of thiol groups is 1. The van der Waals surface area contributed by atoms with Crippen molar-refractivity contribution in [3.8, 4) is 5.75 Å². The third-order valence-electron chi connectivity index (χ3n) is 2.51. The Morgan fingerprint density at radius 1 is 1.56 bits per heavy atom. The van der Waals surface area contributed by atoms with Gasteiger partial charge in [0.1, 0.15) is 5.75 Å². The van der Waals surface area contributed by atoms with Crippen LogP contribution in [0, 0.1) is 0 Å². The summed E-state index contributed by atoms with van der Waals surface area (Å²) in [4.78, 5) is 13.6. The maximum absolute atomic E-state index is 11.9. The van der Waals surface area contributed by atoms with Crippen LogP contribution in [0.1, 0.15) is 6.92 Å². The Morgan fingerprint density at radius 2 is 2.31 bits per heavy atom. The largest absolute Gasteiger partial charge is 0.479 e. The number of ether oxygens (including phenoxy) is 1. The summed E-state index contributed by atoms with van der Waals surface area (Å²) >= 11 is 4.15. The lowest BCUT2D eigenvalue weighted by molar-refractivity contribution is -0.125. The fourth-order valence-corrected chi connectivity index (χ4v) is 1.95. The molecule has 86 valence electrons. The molecule has 0 bridgehead atoms. The van der Waals surface area contributed by atoms with Crippen molar-refractivity contribution in [2.24, 2.45) is 0 Å². The fraction of sp³-hybridized carbons (Fsp3) is 0.364. The van der Waals surface area contributed by atoms with Gasteiger partial charge in [0.25, 0.3) is 5.91 Å². The van der Waals surface area contributed by atoms with Crippen molar-refractivity contribution in [2.45, 2.75) is 13.0 Å². The SMILES string of the molecule is CC1Oc2ccc(N)cc2N(CCS)C1=O. The van der Waals surface area contributed by atoms with Crippen molar-refractivity contribution >= 4 is 29.9 Å². The fourth-order valence-electron chi connectivity index (χ4n) is 1.75. The quantitative estimate of drug-likeness (QED) is 0.603. The van der Waals surface area contributed by atoms with E-state index in [1.807, 2.05) is 0 Å². The number of carbonyl (C=O) groups is 1. The number of hydrogen-bond acceptors (Lipinski definition) is 4. The molecule has 2 N–H and O–H groups in total. The highest BCUT2D eigenvalue weighted by Gasteiger charge is 2.30. The number of nitrogens with zero attached hydrogens (tertiary/aromatic N) is 1. The molecular weight excluding hydrogens is 224 g/mol. The Kier molecular flexibility index (Phi) is 2.96. The van der Waals surface area contributed by atoms with E-state index in [1.54, 1.807) is 30.0 Å². The molecule has 1 heterocycles. The van der Waals surface area contributed by atoms with Gasteiger partial charge in [0, 0.05) is 18.0 Å². The number of benzene rings is 1. The lowest BCUT2D eigenvalue weighted by Gasteiger charge is -2.32. The van der Waals surface area contributed by atoms with E-state index in [2.05, 4.69) is 12.6 Å². The second kappa shape index (κ2) is 4.25. The minimum atomic E-state index is -0.448. The molecular formula is C11H14N2O2S. The third-order valence-corrected chi connectivity index (χ3v) is 2.71. The highest BCUT2D eigenvalue weighted by atomic mass is 32.1. The summed E-state index contributed by atoms with van der Waals surface area (Å²) in [6.07, 6.45) is -0.448. The maximum Gasteiger partial charge on any atom is 0.267 e. The monoisotopic (exact) mass is 238 g/mol. The zero-order valence-electron chi connectivity index (χ0n) is 9.01. The predicted molar refractivity (Wildman–Crippen MR) is 67.2 cm³/mol. The smallest absolute Gasteiger partial charge is 0.267 e. The first-order valence-electron chi connectivity index (χ1n) is 5.12. The molecule has 0 fully saturated rings. The summed E-state index contributed by atoms with van der Waals surface area (Å²) in [6.45, 7) is 2.30. The first-order valence-corrected chi connectivity index (χ1v) is 5.75. The Hall–Kier alpha value is -1.36. The normalized spacial score (nSPS) is 19.2. The predicted octanol–water partition coefficient (Wildman–Crippen LogP) is 1.31. The van der Waals surface area contributed by atoms with Crippen LogP contribution in [0.5, 0.6) is 5.75 Å². The van der Waals surface area contributed by atoms with Crippen LogP contribution in [0.15, 0.2) is 18.2 Å². The number of carbonyl (C=O) groups excluding carboxylic acids is 1. The van der Waals surface area contributed by atoms with Crippen LogP contribution in [-0.4, -0.2) is 24.3 Å². The van der Waals surface area contributed by atoms with E-state index >= 15 is 0 Å².